The van der Waals surface area contributed by atoms with Gasteiger partial charge in [-0.25, -0.2) is 0 Å². The first-order valence-corrected chi connectivity index (χ1v) is 6.93. The average molecular weight is 261 g/mol. The van der Waals surface area contributed by atoms with Gasteiger partial charge >= 0.3 is 0 Å². The van der Waals surface area contributed by atoms with Crippen LogP contribution in [-0.4, -0.2) is 44.0 Å². The van der Waals surface area contributed by atoms with Gasteiger partial charge in [0.15, 0.2) is 0 Å². The minimum Gasteiger partial charge on any atom is -0.376 e. The molecule has 1 fully saturated rings. The van der Waals surface area contributed by atoms with Crippen LogP contribution in [0.15, 0.2) is 24.3 Å². The van der Waals surface area contributed by atoms with Crippen molar-refractivity contribution < 1.29 is 4.79 Å². The van der Waals surface area contributed by atoms with Crippen molar-refractivity contribution in [2.24, 2.45) is 0 Å². The van der Waals surface area contributed by atoms with Crippen molar-refractivity contribution in [3.63, 3.8) is 0 Å². The van der Waals surface area contributed by atoms with E-state index in [4.69, 9.17) is 0 Å². The molecule has 0 saturated heterocycles. The van der Waals surface area contributed by atoms with Crippen LogP contribution >= 0.6 is 0 Å². The Morgan fingerprint density at radius 1 is 1.32 bits per heavy atom. The van der Waals surface area contributed by atoms with Gasteiger partial charge in [-0.05, 0) is 31.9 Å². The van der Waals surface area contributed by atoms with Crippen molar-refractivity contribution in [1.82, 2.24) is 4.90 Å². The summed E-state index contributed by atoms with van der Waals surface area (Å²) >= 11 is 0. The predicted molar refractivity (Wildman–Crippen MR) is 79.7 cm³/mol. The maximum atomic E-state index is 12.2. The van der Waals surface area contributed by atoms with Crippen LogP contribution in [0.2, 0.25) is 0 Å². The van der Waals surface area contributed by atoms with Crippen LogP contribution in [0.3, 0.4) is 0 Å². The number of hydrogen-bond donors (Lipinski definition) is 1. The topological polar surface area (TPSA) is 35.6 Å². The van der Waals surface area contributed by atoms with E-state index in [1.54, 1.807) is 0 Å². The SMILES string of the molecule is CCN(C(=O)CNc1ccccc1N(C)C)C1CC1. The van der Waals surface area contributed by atoms with E-state index in [0.717, 1.165) is 30.8 Å². The Labute approximate surface area is 115 Å². The summed E-state index contributed by atoms with van der Waals surface area (Å²) in [5.74, 6) is 0.193. The number of nitrogens with one attached hydrogen (secondary N) is 1. The van der Waals surface area contributed by atoms with Crippen molar-refractivity contribution >= 4 is 17.3 Å². The second-order valence-corrected chi connectivity index (χ2v) is 5.18. The van der Waals surface area contributed by atoms with Gasteiger partial charge in [0.2, 0.25) is 5.91 Å². The fourth-order valence-corrected chi connectivity index (χ4v) is 2.31. The minimum atomic E-state index is 0.193. The van der Waals surface area contributed by atoms with Crippen LogP contribution in [0.5, 0.6) is 0 Å². The van der Waals surface area contributed by atoms with Crippen molar-refractivity contribution in [2.45, 2.75) is 25.8 Å². The number of carbonyl (C=O) groups is 1. The summed E-state index contributed by atoms with van der Waals surface area (Å²) in [4.78, 5) is 16.2. The third-order valence-electron chi connectivity index (χ3n) is 3.46. The molecule has 2 rings (SSSR count). The molecule has 4 heteroatoms. The molecule has 1 saturated carbocycles. The molecule has 0 atom stereocenters. The maximum absolute atomic E-state index is 12.2. The van der Waals surface area contributed by atoms with Gasteiger partial charge in [-0.1, -0.05) is 12.1 Å². The van der Waals surface area contributed by atoms with Crippen molar-refractivity contribution in [1.29, 1.82) is 0 Å². The van der Waals surface area contributed by atoms with Gasteiger partial charge < -0.3 is 15.1 Å². The molecule has 0 bridgehead atoms. The van der Waals surface area contributed by atoms with Gasteiger partial charge in [0.25, 0.3) is 0 Å². The zero-order valence-electron chi connectivity index (χ0n) is 12.0. The van der Waals surface area contributed by atoms with Crippen molar-refractivity contribution in [3.05, 3.63) is 24.3 Å². The van der Waals surface area contributed by atoms with Gasteiger partial charge in [-0.2, -0.15) is 0 Å². The van der Waals surface area contributed by atoms with Crippen molar-refractivity contribution in [3.8, 4) is 0 Å². The van der Waals surface area contributed by atoms with E-state index >= 15 is 0 Å². The molecule has 1 aromatic rings. The molecule has 4 nitrogen and oxygen atoms in total. The summed E-state index contributed by atoms with van der Waals surface area (Å²) < 4.78 is 0. The molecular formula is C15H23N3O. The van der Waals surface area contributed by atoms with Gasteiger partial charge in [-0.15, -0.1) is 0 Å². The molecule has 19 heavy (non-hydrogen) atoms. The molecule has 104 valence electrons. The first kappa shape index (κ1) is 13.7. The number of likely N-dealkylation sites (N-methyl/N-ethyl adjacent to an activating group) is 1. The number of benzene rings is 1. The van der Waals surface area contributed by atoms with Crippen LogP contribution in [0.25, 0.3) is 0 Å². The lowest BCUT2D eigenvalue weighted by molar-refractivity contribution is -0.129. The van der Waals surface area contributed by atoms with Crippen LogP contribution < -0.4 is 10.2 Å². The molecule has 1 aliphatic carbocycles. The molecule has 1 aliphatic rings. The molecule has 1 N–H and O–H groups in total. The zero-order chi connectivity index (χ0) is 13.8. The van der Waals surface area contributed by atoms with Crippen LogP contribution in [0.4, 0.5) is 11.4 Å². The standard InChI is InChI=1S/C15H23N3O/c1-4-18(12-9-10-12)15(19)11-16-13-7-5-6-8-14(13)17(2)3/h5-8,12,16H,4,9-11H2,1-3H3. The Kier molecular flexibility index (Phi) is 4.30. The lowest BCUT2D eigenvalue weighted by Gasteiger charge is -2.22. The largest absolute Gasteiger partial charge is 0.376 e. The van der Waals surface area contributed by atoms with E-state index in [1.165, 1.54) is 0 Å². The van der Waals surface area contributed by atoms with E-state index in [-0.39, 0.29) is 5.91 Å². The number of para-hydroxylation sites is 2. The summed E-state index contributed by atoms with van der Waals surface area (Å²) in [5.41, 5.74) is 2.11. The Hall–Kier alpha value is -1.71. The Bertz CT molecular complexity index is 441. The number of amides is 1. The number of carbonyl (C=O) groups excluding carboxylic acids is 1. The summed E-state index contributed by atoms with van der Waals surface area (Å²) in [6.45, 7) is 3.22. The lowest BCUT2D eigenvalue weighted by Crippen LogP contribution is -2.37. The quantitative estimate of drug-likeness (QED) is 0.852. The summed E-state index contributed by atoms with van der Waals surface area (Å²) in [6, 6.07) is 8.54. The monoisotopic (exact) mass is 261 g/mol. The van der Waals surface area contributed by atoms with Crippen molar-refractivity contribution in [2.75, 3.05) is 37.4 Å². The molecular weight excluding hydrogens is 238 g/mol. The predicted octanol–water partition coefficient (Wildman–Crippen LogP) is 2.18. The highest BCUT2D eigenvalue weighted by Gasteiger charge is 2.30. The molecule has 0 heterocycles. The third kappa shape index (κ3) is 3.40. The first-order chi connectivity index (χ1) is 9.13. The van der Waals surface area contributed by atoms with E-state index < -0.39 is 0 Å². The molecule has 0 radical (unpaired) electrons. The van der Waals surface area contributed by atoms with Crippen LogP contribution in [-0.2, 0) is 4.79 Å². The highest BCUT2D eigenvalue weighted by Crippen LogP contribution is 2.27. The van der Waals surface area contributed by atoms with Crippen LogP contribution in [0.1, 0.15) is 19.8 Å². The van der Waals surface area contributed by atoms with Gasteiger partial charge in [0, 0.05) is 26.7 Å². The van der Waals surface area contributed by atoms with Gasteiger partial charge in [0.1, 0.15) is 0 Å². The average Bonchev–Trinajstić information content (AvgIpc) is 3.22. The lowest BCUT2D eigenvalue weighted by atomic mass is 10.2. The summed E-state index contributed by atoms with van der Waals surface area (Å²) in [6.07, 6.45) is 2.32. The second kappa shape index (κ2) is 5.95. The number of hydrogen-bond acceptors (Lipinski definition) is 3. The van der Waals surface area contributed by atoms with Crippen LogP contribution in [0, 0.1) is 0 Å². The first-order valence-electron chi connectivity index (χ1n) is 6.93. The Morgan fingerprint density at radius 2 is 2.00 bits per heavy atom. The van der Waals surface area contributed by atoms with E-state index in [0.29, 0.717) is 12.6 Å². The van der Waals surface area contributed by atoms with E-state index in [2.05, 4.69) is 5.32 Å². The third-order valence-corrected chi connectivity index (χ3v) is 3.46. The van der Waals surface area contributed by atoms with Gasteiger partial charge in [-0.3, -0.25) is 4.79 Å². The minimum absolute atomic E-state index is 0.193. The molecule has 0 unspecified atom stereocenters. The fourth-order valence-electron chi connectivity index (χ4n) is 2.31. The molecule has 1 aromatic carbocycles. The molecule has 0 aliphatic heterocycles. The molecule has 1 amide bonds. The smallest absolute Gasteiger partial charge is 0.242 e. The zero-order valence-corrected chi connectivity index (χ0v) is 12.0. The second-order valence-electron chi connectivity index (χ2n) is 5.18. The summed E-state index contributed by atoms with van der Waals surface area (Å²) in [5, 5.41) is 3.26. The molecule has 0 spiro atoms. The number of rotatable bonds is 6. The summed E-state index contributed by atoms with van der Waals surface area (Å²) in [7, 11) is 4.01. The Morgan fingerprint density at radius 3 is 2.58 bits per heavy atom. The van der Waals surface area contributed by atoms with E-state index in [9.17, 15) is 4.79 Å². The maximum Gasteiger partial charge on any atom is 0.242 e. The van der Waals surface area contributed by atoms with E-state index in [1.807, 2.05) is 55.1 Å². The van der Waals surface area contributed by atoms with Gasteiger partial charge in [0.05, 0.1) is 17.9 Å². The normalized spacial score (nSPS) is 14.1. The fraction of sp³-hybridized carbons (Fsp3) is 0.533. The molecule has 0 aromatic heterocycles. The highest BCUT2D eigenvalue weighted by molar-refractivity contribution is 5.83. The highest BCUT2D eigenvalue weighted by atomic mass is 16.2. The Balaban J connectivity index is 1.96. The number of nitrogens with zero attached hydrogens (tertiary/aromatic N) is 2. The number of anilines is 2.